The standard InChI is InChI=1S/C23H36N2.ClH/c1-20(2)23(19-24,22-13-8-5-9-14-22)16-10-17-25(3)18-15-21-11-6-4-7-12-21;/h5,8-9,13-14,20-21H,4,6-7,10-12,15-18H2,1-3H3;1H/t23-;/m0./s1. The van der Waals surface area contributed by atoms with Crippen LogP contribution in [0.4, 0.5) is 0 Å². The summed E-state index contributed by atoms with van der Waals surface area (Å²) in [5.41, 5.74) is 0.822. The summed E-state index contributed by atoms with van der Waals surface area (Å²) in [5.74, 6) is 1.28. The van der Waals surface area contributed by atoms with Gasteiger partial charge in [0.1, 0.15) is 0 Å². The number of nitriles is 1. The molecule has 1 aliphatic carbocycles. The topological polar surface area (TPSA) is 27.0 Å². The van der Waals surface area contributed by atoms with Gasteiger partial charge in [0.25, 0.3) is 0 Å². The van der Waals surface area contributed by atoms with Gasteiger partial charge in [-0.15, -0.1) is 12.4 Å². The van der Waals surface area contributed by atoms with Gasteiger partial charge in [-0.2, -0.15) is 5.26 Å². The SMILES string of the molecule is CC(C)[C@@](C#N)(CCCN(C)CCC1CCCCC1)c1ccccc1.Cl. The van der Waals surface area contributed by atoms with E-state index in [9.17, 15) is 5.26 Å². The summed E-state index contributed by atoms with van der Waals surface area (Å²) in [4.78, 5) is 2.47. The monoisotopic (exact) mass is 376 g/mol. The number of hydrogen-bond acceptors (Lipinski definition) is 2. The molecule has 0 aliphatic heterocycles. The second-order valence-corrected chi connectivity index (χ2v) is 8.30. The van der Waals surface area contributed by atoms with Crippen molar-refractivity contribution >= 4 is 12.4 Å². The largest absolute Gasteiger partial charge is 0.306 e. The van der Waals surface area contributed by atoms with Gasteiger partial charge in [0.05, 0.1) is 11.5 Å². The summed E-state index contributed by atoms with van der Waals surface area (Å²) in [6.45, 7) is 6.67. The molecule has 1 aliphatic rings. The van der Waals surface area contributed by atoms with Crippen molar-refractivity contribution in [2.45, 2.75) is 70.6 Å². The Morgan fingerprint density at radius 2 is 1.77 bits per heavy atom. The number of benzene rings is 1. The minimum atomic E-state index is -0.356. The van der Waals surface area contributed by atoms with Crippen molar-refractivity contribution in [3.63, 3.8) is 0 Å². The van der Waals surface area contributed by atoms with E-state index in [1.807, 2.05) is 6.07 Å². The first-order valence-electron chi connectivity index (χ1n) is 10.2. The zero-order chi connectivity index (χ0) is 18.1. The van der Waals surface area contributed by atoms with E-state index in [0.717, 1.165) is 25.3 Å². The van der Waals surface area contributed by atoms with Crippen molar-refractivity contribution in [1.82, 2.24) is 4.90 Å². The lowest BCUT2D eigenvalue weighted by Gasteiger charge is -2.32. The van der Waals surface area contributed by atoms with E-state index in [0.29, 0.717) is 5.92 Å². The third-order valence-corrected chi connectivity index (χ3v) is 6.23. The maximum absolute atomic E-state index is 9.98. The molecule has 2 nitrogen and oxygen atoms in total. The maximum atomic E-state index is 9.98. The van der Waals surface area contributed by atoms with Gasteiger partial charge in [-0.3, -0.25) is 0 Å². The van der Waals surface area contributed by atoms with Crippen LogP contribution < -0.4 is 0 Å². The molecule has 2 rings (SSSR count). The van der Waals surface area contributed by atoms with Gasteiger partial charge >= 0.3 is 0 Å². The van der Waals surface area contributed by atoms with Crippen LogP contribution in [0.1, 0.15) is 70.8 Å². The third-order valence-electron chi connectivity index (χ3n) is 6.23. The second-order valence-electron chi connectivity index (χ2n) is 8.30. The molecule has 0 aromatic heterocycles. The van der Waals surface area contributed by atoms with Gasteiger partial charge < -0.3 is 4.90 Å². The number of hydrogen-bond donors (Lipinski definition) is 0. The molecular formula is C23H37ClN2. The van der Waals surface area contributed by atoms with E-state index in [2.05, 4.69) is 56.1 Å². The number of nitrogens with zero attached hydrogens (tertiary/aromatic N) is 2. The minimum absolute atomic E-state index is 0. The van der Waals surface area contributed by atoms with Crippen molar-refractivity contribution in [2.75, 3.05) is 20.1 Å². The van der Waals surface area contributed by atoms with Crippen molar-refractivity contribution in [1.29, 1.82) is 5.26 Å². The molecule has 3 heteroatoms. The highest BCUT2D eigenvalue weighted by Gasteiger charge is 2.35. The fourth-order valence-electron chi connectivity index (χ4n) is 4.37. The number of rotatable bonds is 9. The van der Waals surface area contributed by atoms with Crippen LogP contribution in [0, 0.1) is 23.2 Å². The molecule has 0 amide bonds. The Balaban J connectivity index is 0.00000338. The van der Waals surface area contributed by atoms with Gasteiger partial charge in [-0.1, -0.05) is 76.3 Å². The van der Waals surface area contributed by atoms with Crippen LogP contribution in [-0.4, -0.2) is 25.0 Å². The molecule has 1 fully saturated rings. The van der Waals surface area contributed by atoms with Crippen LogP contribution in [0.5, 0.6) is 0 Å². The predicted molar refractivity (Wildman–Crippen MR) is 114 cm³/mol. The van der Waals surface area contributed by atoms with Crippen molar-refractivity contribution in [3.8, 4) is 6.07 Å². The Hall–Kier alpha value is -1.04. The molecule has 0 saturated heterocycles. The average Bonchev–Trinajstić information content (AvgIpc) is 2.65. The quantitative estimate of drug-likeness (QED) is 0.512. The van der Waals surface area contributed by atoms with E-state index in [4.69, 9.17) is 0 Å². The minimum Gasteiger partial charge on any atom is -0.306 e. The van der Waals surface area contributed by atoms with E-state index < -0.39 is 0 Å². The zero-order valence-electron chi connectivity index (χ0n) is 16.9. The normalized spacial score (nSPS) is 17.5. The Bertz CT molecular complexity index is 531. The summed E-state index contributed by atoms with van der Waals surface area (Å²) in [7, 11) is 2.24. The molecule has 26 heavy (non-hydrogen) atoms. The van der Waals surface area contributed by atoms with Gasteiger partial charge in [0.15, 0.2) is 0 Å². The maximum Gasteiger partial charge on any atom is 0.0845 e. The molecule has 146 valence electrons. The Morgan fingerprint density at radius 1 is 1.12 bits per heavy atom. The first kappa shape index (κ1) is 23.0. The summed E-state index contributed by atoms with van der Waals surface area (Å²) < 4.78 is 0. The van der Waals surface area contributed by atoms with Gasteiger partial charge in [0, 0.05) is 0 Å². The molecule has 0 bridgehead atoms. The summed E-state index contributed by atoms with van der Waals surface area (Å²) >= 11 is 0. The molecule has 0 N–H and O–H groups in total. The van der Waals surface area contributed by atoms with Crippen molar-refractivity contribution in [2.24, 2.45) is 11.8 Å². The smallest absolute Gasteiger partial charge is 0.0845 e. The summed E-state index contributed by atoms with van der Waals surface area (Å²) in [6.07, 6.45) is 10.6. The molecule has 0 radical (unpaired) electrons. The molecule has 0 unspecified atom stereocenters. The lowest BCUT2D eigenvalue weighted by atomic mass is 9.70. The van der Waals surface area contributed by atoms with Crippen LogP contribution in [0.2, 0.25) is 0 Å². The predicted octanol–water partition coefficient (Wildman–Crippen LogP) is 6.21. The van der Waals surface area contributed by atoms with Gasteiger partial charge in [0.2, 0.25) is 0 Å². The second kappa shape index (κ2) is 11.6. The molecule has 1 aromatic rings. The summed E-state index contributed by atoms with van der Waals surface area (Å²) in [6, 6.07) is 13.1. The van der Waals surface area contributed by atoms with E-state index in [1.165, 1.54) is 50.6 Å². The fraction of sp³-hybridized carbons (Fsp3) is 0.696. The van der Waals surface area contributed by atoms with E-state index in [1.54, 1.807) is 0 Å². The fourth-order valence-corrected chi connectivity index (χ4v) is 4.37. The Labute approximate surface area is 167 Å². The first-order valence-corrected chi connectivity index (χ1v) is 10.2. The highest BCUT2D eigenvalue weighted by atomic mass is 35.5. The van der Waals surface area contributed by atoms with Crippen molar-refractivity contribution in [3.05, 3.63) is 35.9 Å². The van der Waals surface area contributed by atoms with E-state index >= 15 is 0 Å². The lowest BCUT2D eigenvalue weighted by molar-refractivity contribution is 0.251. The Morgan fingerprint density at radius 3 is 2.35 bits per heavy atom. The molecule has 1 aromatic carbocycles. The first-order chi connectivity index (χ1) is 12.1. The van der Waals surface area contributed by atoms with Gasteiger partial charge in [-0.25, -0.2) is 0 Å². The van der Waals surface area contributed by atoms with Crippen LogP contribution >= 0.6 is 12.4 Å². The number of halogens is 1. The average molecular weight is 377 g/mol. The summed E-state index contributed by atoms with van der Waals surface area (Å²) in [5, 5.41) is 9.98. The molecule has 1 atom stereocenters. The third kappa shape index (κ3) is 6.29. The highest BCUT2D eigenvalue weighted by Crippen LogP contribution is 2.36. The molecule has 0 spiro atoms. The van der Waals surface area contributed by atoms with Gasteiger partial charge in [-0.05, 0) is 56.8 Å². The molecule has 1 saturated carbocycles. The van der Waals surface area contributed by atoms with Crippen molar-refractivity contribution < 1.29 is 0 Å². The zero-order valence-corrected chi connectivity index (χ0v) is 17.7. The van der Waals surface area contributed by atoms with E-state index in [-0.39, 0.29) is 17.8 Å². The van der Waals surface area contributed by atoms with Crippen LogP contribution in [-0.2, 0) is 5.41 Å². The molecular weight excluding hydrogens is 340 g/mol. The highest BCUT2D eigenvalue weighted by molar-refractivity contribution is 5.85. The van der Waals surface area contributed by atoms with Crippen LogP contribution in [0.15, 0.2) is 30.3 Å². The van der Waals surface area contributed by atoms with Crippen LogP contribution in [0.3, 0.4) is 0 Å². The lowest BCUT2D eigenvalue weighted by Crippen LogP contribution is -2.32. The Kier molecular flexibility index (Phi) is 10.3. The van der Waals surface area contributed by atoms with Crippen LogP contribution in [0.25, 0.3) is 0 Å². The molecule has 0 heterocycles.